The Labute approximate surface area is 109 Å². The number of hydrogen-bond donors (Lipinski definition) is 5. The molecule has 1 aromatic rings. The van der Waals surface area contributed by atoms with Gasteiger partial charge in [0, 0.05) is 10.8 Å². The van der Waals surface area contributed by atoms with Crippen LogP contribution in [-0.4, -0.2) is 32.7 Å². The Kier molecular flexibility index (Phi) is 7.51. The molecule has 5 N–H and O–H groups in total. The molecule has 0 aliphatic rings. The molecule has 1 aromatic heterocycles. The highest BCUT2D eigenvalue weighted by atomic mass is 32.1. The second-order valence-electron chi connectivity index (χ2n) is 3.19. The summed E-state index contributed by atoms with van der Waals surface area (Å²) in [6.45, 7) is 6.39. The molecule has 0 saturated carbocycles. The van der Waals surface area contributed by atoms with E-state index < -0.39 is 25.8 Å². The fourth-order valence-corrected chi connectivity index (χ4v) is 4.70. The molecule has 0 unspecified atom stereocenters. The Morgan fingerprint density at radius 3 is 1.50 bits per heavy atom. The summed E-state index contributed by atoms with van der Waals surface area (Å²) in [5.74, 6) is 0. The van der Waals surface area contributed by atoms with Gasteiger partial charge in [0.2, 0.25) is 0 Å². The molecule has 18 heavy (non-hydrogen) atoms. The Bertz CT molecular complexity index is 412. The first-order chi connectivity index (χ1) is 8.14. The van der Waals surface area contributed by atoms with Crippen molar-refractivity contribution < 1.29 is 28.7 Å². The molecule has 0 radical (unpaired) electrons. The molecule has 0 bridgehead atoms. The summed E-state index contributed by atoms with van der Waals surface area (Å²) in [5, 5.41) is 4.00. The Balaban J connectivity index is 0.000000494. The highest BCUT2D eigenvalue weighted by Crippen LogP contribution is 2.41. The number of thiophene rings is 1. The maximum absolute atomic E-state index is 10.7. The molecular weight excluding hydrogens is 300 g/mol. The molecule has 10 heteroatoms. The van der Waals surface area contributed by atoms with E-state index in [2.05, 4.69) is 19.2 Å². The van der Waals surface area contributed by atoms with Gasteiger partial charge in [0.25, 0.3) is 0 Å². The Hall–Kier alpha value is -0.0400. The number of nitrogens with one attached hydrogen (secondary N) is 1. The highest BCUT2D eigenvalue weighted by molar-refractivity contribution is 7.67. The van der Waals surface area contributed by atoms with E-state index in [1.807, 2.05) is 0 Å². The maximum Gasteiger partial charge on any atom is 0.357 e. The van der Waals surface area contributed by atoms with Crippen LogP contribution in [0.15, 0.2) is 10.8 Å². The molecule has 0 atom stereocenters. The first kappa shape index (κ1) is 18.0. The number of rotatable bonds is 4. The zero-order chi connectivity index (χ0) is 14.4. The van der Waals surface area contributed by atoms with Crippen molar-refractivity contribution in [2.75, 3.05) is 13.1 Å². The summed E-state index contributed by atoms with van der Waals surface area (Å²) in [5.41, 5.74) is 0. The molecule has 0 aromatic carbocycles. The topological polar surface area (TPSA) is 127 Å². The SMILES string of the molecule is CCNCC.O=P(O)(O)c1cscc1P(=O)(O)O. The molecule has 0 amide bonds. The van der Waals surface area contributed by atoms with Crippen LogP contribution in [0, 0.1) is 0 Å². The standard InChI is InChI=1S/C4H11N.C4H6O6P2S/c1-3-5-4-2;5-11(6,7)3-1-13-2-4(3)12(8,9)10/h5H,3-4H2,1-2H3;1-2H,(H2,5,6,7)(H2,8,9,10). The monoisotopic (exact) mass is 317 g/mol. The van der Waals surface area contributed by atoms with Crippen LogP contribution in [0.25, 0.3) is 0 Å². The van der Waals surface area contributed by atoms with E-state index in [4.69, 9.17) is 19.6 Å². The van der Waals surface area contributed by atoms with Crippen LogP contribution in [-0.2, 0) is 9.13 Å². The number of hydrogen-bond acceptors (Lipinski definition) is 4. The van der Waals surface area contributed by atoms with Gasteiger partial charge in [-0.2, -0.15) is 11.3 Å². The van der Waals surface area contributed by atoms with Gasteiger partial charge in [0.05, 0.1) is 10.6 Å². The first-order valence-electron chi connectivity index (χ1n) is 5.03. The lowest BCUT2D eigenvalue weighted by molar-refractivity contribution is 0.381. The van der Waals surface area contributed by atoms with Crippen molar-refractivity contribution in [1.29, 1.82) is 0 Å². The molecule has 0 aliphatic carbocycles. The van der Waals surface area contributed by atoms with Gasteiger partial charge < -0.3 is 24.9 Å². The summed E-state index contributed by atoms with van der Waals surface area (Å²) >= 11 is 0.836. The van der Waals surface area contributed by atoms with Crippen molar-refractivity contribution in [3.63, 3.8) is 0 Å². The van der Waals surface area contributed by atoms with E-state index in [1.54, 1.807) is 0 Å². The molecule has 0 spiro atoms. The molecule has 0 aliphatic heterocycles. The van der Waals surface area contributed by atoms with Crippen LogP contribution < -0.4 is 15.9 Å². The van der Waals surface area contributed by atoms with E-state index in [0.29, 0.717) is 0 Å². The summed E-state index contributed by atoms with van der Waals surface area (Å²) in [6, 6.07) is 0. The van der Waals surface area contributed by atoms with Crippen molar-refractivity contribution in [3.05, 3.63) is 10.8 Å². The van der Waals surface area contributed by atoms with Gasteiger partial charge in [-0.15, -0.1) is 0 Å². The molecular formula is C8H17NO6P2S. The second kappa shape index (κ2) is 7.53. The van der Waals surface area contributed by atoms with Crippen molar-refractivity contribution in [2.24, 2.45) is 0 Å². The van der Waals surface area contributed by atoms with Crippen LogP contribution in [0.2, 0.25) is 0 Å². The van der Waals surface area contributed by atoms with Crippen LogP contribution in [0.1, 0.15) is 13.8 Å². The lowest BCUT2D eigenvalue weighted by atomic mass is 10.7. The average molecular weight is 317 g/mol. The normalized spacial score (nSPS) is 11.9. The molecule has 7 nitrogen and oxygen atoms in total. The predicted octanol–water partition coefficient (Wildman–Crippen LogP) is -0.0301. The molecule has 106 valence electrons. The van der Waals surface area contributed by atoms with Gasteiger partial charge in [-0.3, -0.25) is 9.13 Å². The Morgan fingerprint density at radius 1 is 1.00 bits per heavy atom. The summed E-state index contributed by atoms with van der Waals surface area (Å²) in [6.07, 6.45) is 0. The van der Waals surface area contributed by atoms with Gasteiger partial charge in [-0.25, -0.2) is 0 Å². The minimum atomic E-state index is -4.59. The zero-order valence-corrected chi connectivity index (χ0v) is 12.6. The fourth-order valence-electron chi connectivity index (χ4n) is 0.969. The van der Waals surface area contributed by atoms with Crippen LogP contribution >= 0.6 is 26.5 Å². The highest BCUT2D eigenvalue weighted by Gasteiger charge is 2.31. The van der Waals surface area contributed by atoms with Crippen molar-refractivity contribution in [3.8, 4) is 0 Å². The summed E-state index contributed by atoms with van der Waals surface area (Å²) in [7, 11) is -9.17. The third kappa shape index (κ3) is 6.22. The molecule has 0 saturated heterocycles. The first-order valence-corrected chi connectivity index (χ1v) is 9.20. The molecule has 1 rings (SSSR count). The minimum Gasteiger partial charge on any atom is -0.321 e. The van der Waals surface area contributed by atoms with Crippen molar-refractivity contribution in [2.45, 2.75) is 13.8 Å². The predicted molar refractivity (Wildman–Crippen MR) is 71.9 cm³/mol. The fraction of sp³-hybridized carbons (Fsp3) is 0.500. The molecule has 0 fully saturated rings. The van der Waals surface area contributed by atoms with E-state index in [0.717, 1.165) is 35.2 Å². The van der Waals surface area contributed by atoms with Gasteiger partial charge in [-0.1, -0.05) is 13.8 Å². The second-order valence-corrected chi connectivity index (χ2v) is 7.07. The van der Waals surface area contributed by atoms with Gasteiger partial charge in [0.1, 0.15) is 0 Å². The van der Waals surface area contributed by atoms with E-state index in [9.17, 15) is 9.13 Å². The lowest BCUT2D eigenvalue weighted by Crippen LogP contribution is -2.20. The van der Waals surface area contributed by atoms with Crippen molar-refractivity contribution >= 4 is 37.1 Å². The lowest BCUT2D eigenvalue weighted by Gasteiger charge is -2.06. The third-order valence-corrected chi connectivity index (χ3v) is 5.01. The smallest absolute Gasteiger partial charge is 0.321 e. The van der Waals surface area contributed by atoms with Gasteiger partial charge in [0.15, 0.2) is 0 Å². The van der Waals surface area contributed by atoms with Crippen molar-refractivity contribution in [1.82, 2.24) is 5.32 Å². The van der Waals surface area contributed by atoms with Crippen LogP contribution in [0.5, 0.6) is 0 Å². The summed E-state index contributed by atoms with van der Waals surface area (Å²) < 4.78 is 21.4. The Morgan fingerprint density at radius 2 is 1.33 bits per heavy atom. The van der Waals surface area contributed by atoms with Crippen LogP contribution in [0.3, 0.4) is 0 Å². The largest absolute Gasteiger partial charge is 0.357 e. The maximum atomic E-state index is 10.7. The van der Waals surface area contributed by atoms with Gasteiger partial charge in [-0.05, 0) is 13.1 Å². The molecule has 1 heterocycles. The quantitative estimate of drug-likeness (QED) is 0.493. The van der Waals surface area contributed by atoms with E-state index >= 15 is 0 Å². The average Bonchev–Trinajstić information content (AvgIpc) is 2.66. The minimum absolute atomic E-state index is 0.592. The van der Waals surface area contributed by atoms with E-state index in [1.165, 1.54) is 0 Å². The van der Waals surface area contributed by atoms with Crippen LogP contribution in [0.4, 0.5) is 0 Å². The third-order valence-electron chi connectivity index (χ3n) is 1.75. The zero-order valence-electron chi connectivity index (χ0n) is 9.98. The van der Waals surface area contributed by atoms with E-state index in [-0.39, 0.29) is 0 Å². The van der Waals surface area contributed by atoms with Gasteiger partial charge >= 0.3 is 15.2 Å². The summed E-state index contributed by atoms with van der Waals surface area (Å²) in [4.78, 5) is 34.8.